The minimum Gasteiger partial charge on any atom is -0.433 e. The second-order valence-corrected chi connectivity index (χ2v) is 10.5. The van der Waals surface area contributed by atoms with Crippen LogP contribution in [0, 0.1) is 0 Å². The number of cyclic esters (lactones) is 1. The molecule has 42 heavy (non-hydrogen) atoms. The minimum absolute atomic E-state index is 0.0318. The Bertz CT molecular complexity index is 1360. The van der Waals surface area contributed by atoms with Crippen LogP contribution in [-0.4, -0.2) is 76.4 Å². The standard InChI is InChI=1S/C28H29ClF2N4O7/c1-16(35(33-17(2)36)26(40)19-9-6-10-20(29)11-19)25(39)34-15-28(30,31)13-22(34)24(38)32-21-12-23(37)42-27(21)41-14-18-7-4-3-5-8-18/h3-11,16,21-22,27H,12-15H2,1-2H3,(H,32,38)(H,33,36). The predicted octanol–water partition coefficient (Wildman–Crippen LogP) is 2.43. The summed E-state index contributed by atoms with van der Waals surface area (Å²) in [5, 5.41) is 3.44. The molecule has 0 saturated carbocycles. The van der Waals surface area contributed by atoms with Gasteiger partial charge in [0.25, 0.3) is 11.8 Å². The fourth-order valence-corrected chi connectivity index (χ4v) is 4.91. The quantitative estimate of drug-likeness (QED) is 0.348. The van der Waals surface area contributed by atoms with Gasteiger partial charge in [-0.2, -0.15) is 0 Å². The number of amides is 4. The highest BCUT2D eigenvalue weighted by Crippen LogP contribution is 2.33. The molecule has 4 amide bonds. The molecule has 0 spiro atoms. The maximum absolute atomic E-state index is 14.6. The van der Waals surface area contributed by atoms with Crippen LogP contribution in [-0.2, 0) is 35.3 Å². The van der Waals surface area contributed by atoms with Gasteiger partial charge in [-0.25, -0.2) is 13.8 Å². The van der Waals surface area contributed by atoms with E-state index in [0.717, 1.165) is 12.5 Å². The maximum atomic E-state index is 14.6. The van der Waals surface area contributed by atoms with Crippen molar-refractivity contribution in [2.24, 2.45) is 0 Å². The summed E-state index contributed by atoms with van der Waals surface area (Å²) in [4.78, 5) is 64.5. The van der Waals surface area contributed by atoms with Crippen LogP contribution >= 0.6 is 11.6 Å². The highest BCUT2D eigenvalue weighted by Gasteiger charge is 2.52. The van der Waals surface area contributed by atoms with Gasteiger partial charge < -0.3 is 19.7 Å². The second-order valence-electron chi connectivity index (χ2n) is 10.0. The molecule has 4 atom stereocenters. The van der Waals surface area contributed by atoms with E-state index in [4.69, 9.17) is 21.1 Å². The summed E-state index contributed by atoms with van der Waals surface area (Å²) in [5.74, 6) is -7.54. The molecule has 224 valence electrons. The number of ether oxygens (including phenoxy) is 2. The van der Waals surface area contributed by atoms with Crippen LogP contribution < -0.4 is 10.7 Å². The summed E-state index contributed by atoms with van der Waals surface area (Å²) in [6.07, 6.45) is -2.42. The number of rotatable bonds is 8. The van der Waals surface area contributed by atoms with Gasteiger partial charge in [0.2, 0.25) is 24.0 Å². The van der Waals surface area contributed by atoms with Crippen molar-refractivity contribution >= 4 is 41.2 Å². The zero-order chi connectivity index (χ0) is 30.6. The van der Waals surface area contributed by atoms with Crippen LogP contribution in [0.3, 0.4) is 0 Å². The van der Waals surface area contributed by atoms with Gasteiger partial charge in [0, 0.05) is 23.9 Å². The van der Waals surface area contributed by atoms with E-state index in [-0.39, 0.29) is 23.6 Å². The fraction of sp³-hybridized carbons (Fsp3) is 0.393. The lowest BCUT2D eigenvalue weighted by Gasteiger charge is -2.33. The molecule has 0 aromatic heterocycles. The van der Waals surface area contributed by atoms with Gasteiger partial charge in [-0.1, -0.05) is 48.0 Å². The van der Waals surface area contributed by atoms with E-state index in [9.17, 15) is 32.8 Å². The van der Waals surface area contributed by atoms with Crippen molar-refractivity contribution in [3.05, 3.63) is 70.7 Å². The number of carbonyl (C=O) groups is 5. The van der Waals surface area contributed by atoms with Crippen molar-refractivity contribution in [1.29, 1.82) is 0 Å². The SMILES string of the molecule is CC(=O)NN(C(=O)c1cccc(Cl)c1)C(C)C(=O)N1CC(F)(F)CC1C(=O)NC1CC(=O)OC1OCc1ccccc1. The molecule has 2 heterocycles. The van der Waals surface area contributed by atoms with Crippen LogP contribution in [0.15, 0.2) is 54.6 Å². The average Bonchev–Trinajstić information content (AvgIpc) is 3.47. The summed E-state index contributed by atoms with van der Waals surface area (Å²) < 4.78 is 40.1. The number of hydrazine groups is 1. The van der Waals surface area contributed by atoms with E-state index < -0.39 is 72.9 Å². The van der Waals surface area contributed by atoms with E-state index in [1.54, 1.807) is 24.3 Å². The number of esters is 1. The van der Waals surface area contributed by atoms with E-state index >= 15 is 0 Å². The van der Waals surface area contributed by atoms with E-state index in [2.05, 4.69) is 10.7 Å². The van der Waals surface area contributed by atoms with Gasteiger partial charge in [-0.3, -0.25) is 29.4 Å². The molecular weight excluding hydrogens is 578 g/mol. The Morgan fingerprint density at radius 2 is 1.88 bits per heavy atom. The third kappa shape index (κ3) is 7.39. The Kier molecular flexibility index (Phi) is 9.42. The zero-order valence-corrected chi connectivity index (χ0v) is 23.5. The lowest BCUT2D eigenvalue weighted by atomic mass is 10.1. The van der Waals surface area contributed by atoms with Gasteiger partial charge in [0.15, 0.2) is 0 Å². The normalized spacial score (nSPS) is 21.8. The summed E-state index contributed by atoms with van der Waals surface area (Å²) in [6.45, 7) is 1.32. The topological polar surface area (TPSA) is 134 Å². The maximum Gasteiger partial charge on any atom is 0.310 e. The average molecular weight is 607 g/mol. The van der Waals surface area contributed by atoms with Crippen molar-refractivity contribution in [2.75, 3.05) is 6.54 Å². The minimum atomic E-state index is -3.42. The van der Waals surface area contributed by atoms with Gasteiger partial charge in [-0.05, 0) is 30.7 Å². The monoisotopic (exact) mass is 606 g/mol. The van der Waals surface area contributed by atoms with Crippen LogP contribution in [0.4, 0.5) is 8.78 Å². The van der Waals surface area contributed by atoms with E-state index in [1.807, 2.05) is 6.07 Å². The summed E-state index contributed by atoms with van der Waals surface area (Å²) in [7, 11) is 0. The summed E-state index contributed by atoms with van der Waals surface area (Å²) in [6, 6.07) is 10.6. The third-order valence-electron chi connectivity index (χ3n) is 6.72. The van der Waals surface area contributed by atoms with Gasteiger partial charge in [0.05, 0.1) is 19.6 Å². The highest BCUT2D eigenvalue weighted by molar-refractivity contribution is 6.31. The molecule has 2 saturated heterocycles. The predicted molar refractivity (Wildman–Crippen MR) is 144 cm³/mol. The lowest BCUT2D eigenvalue weighted by Crippen LogP contribution is -2.59. The number of nitrogens with one attached hydrogen (secondary N) is 2. The van der Waals surface area contributed by atoms with Crippen LogP contribution in [0.1, 0.15) is 42.6 Å². The number of alkyl halides is 2. The Morgan fingerprint density at radius 3 is 2.55 bits per heavy atom. The first-order valence-electron chi connectivity index (χ1n) is 13.0. The molecule has 4 unspecified atom stereocenters. The Labute approximate surface area is 245 Å². The summed E-state index contributed by atoms with van der Waals surface area (Å²) >= 11 is 5.97. The Balaban J connectivity index is 1.49. The zero-order valence-electron chi connectivity index (χ0n) is 22.7. The Hall–Kier alpha value is -4.10. The molecule has 11 nitrogen and oxygen atoms in total. The molecule has 4 rings (SSSR count). The first-order valence-corrected chi connectivity index (χ1v) is 13.4. The van der Waals surface area contributed by atoms with Crippen molar-refractivity contribution in [3.8, 4) is 0 Å². The summed E-state index contributed by atoms with van der Waals surface area (Å²) in [5.41, 5.74) is 3.07. The van der Waals surface area contributed by atoms with Crippen LogP contribution in [0.2, 0.25) is 5.02 Å². The van der Waals surface area contributed by atoms with Crippen LogP contribution in [0.5, 0.6) is 0 Å². The molecule has 0 aliphatic carbocycles. The van der Waals surface area contributed by atoms with Gasteiger partial charge in [-0.15, -0.1) is 0 Å². The van der Waals surface area contributed by atoms with Crippen molar-refractivity contribution in [2.45, 2.75) is 63.6 Å². The molecule has 2 aliphatic heterocycles. The van der Waals surface area contributed by atoms with Crippen LogP contribution in [0.25, 0.3) is 0 Å². The fourth-order valence-electron chi connectivity index (χ4n) is 4.72. The molecule has 0 radical (unpaired) electrons. The second kappa shape index (κ2) is 12.8. The van der Waals surface area contributed by atoms with Gasteiger partial charge in [0.1, 0.15) is 18.1 Å². The number of likely N-dealkylation sites (tertiary alicyclic amines) is 1. The number of halogens is 3. The van der Waals surface area contributed by atoms with E-state index in [1.165, 1.54) is 31.2 Å². The van der Waals surface area contributed by atoms with Gasteiger partial charge >= 0.3 is 5.97 Å². The molecule has 2 aromatic carbocycles. The highest BCUT2D eigenvalue weighted by atomic mass is 35.5. The largest absolute Gasteiger partial charge is 0.433 e. The third-order valence-corrected chi connectivity index (χ3v) is 6.95. The molecule has 2 aromatic rings. The molecule has 2 fully saturated rings. The number of nitrogens with zero attached hydrogens (tertiary/aromatic N) is 2. The smallest absolute Gasteiger partial charge is 0.310 e. The number of hydrogen-bond donors (Lipinski definition) is 2. The molecule has 2 N–H and O–H groups in total. The first kappa shape index (κ1) is 30.8. The van der Waals surface area contributed by atoms with E-state index in [0.29, 0.717) is 9.91 Å². The number of carbonyl (C=O) groups excluding carboxylic acids is 5. The molecule has 0 bridgehead atoms. The molecular formula is C28H29ClF2N4O7. The number of hydrogen-bond acceptors (Lipinski definition) is 7. The van der Waals surface area contributed by atoms with Crippen molar-refractivity contribution in [1.82, 2.24) is 20.7 Å². The molecule has 2 aliphatic rings. The Morgan fingerprint density at radius 1 is 1.17 bits per heavy atom. The van der Waals surface area contributed by atoms with Crippen molar-refractivity contribution in [3.63, 3.8) is 0 Å². The lowest BCUT2D eigenvalue weighted by molar-refractivity contribution is -0.168. The first-order chi connectivity index (χ1) is 19.8. The number of benzene rings is 2. The van der Waals surface area contributed by atoms with Crippen molar-refractivity contribution < 1.29 is 42.2 Å². The molecule has 14 heteroatoms.